The molecule has 3 nitrogen and oxygen atoms in total. The lowest BCUT2D eigenvalue weighted by Crippen LogP contribution is -2.33. The molecule has 1 saturated heterocycles. The van der Waals surface area contributed by atoms with Crippen molar-refractivity contribution in [1.82, 2.24) is 9.97 Å². The van der Waals surface area contributed by atoms with E-state index in [-0.39, 0.29) is 0 Å². The Kier molecular flexibility index (Phi) is 4.82. The third-order valence-electron chi connectivity index (χ3n) is 3.10. The fraction of sp³-hybridized carbons (Fsp3) is 0.667. The smallest absolute Gasteiger partial charge is 0.187 e. The molecule has 2 heterocycles. The molecule has 0 amide bonds. The van der Waals surface area contributed by atoms with Gasteiger partial charge in [0, 0.05) is 36.7 Å². The maximum atomic E-state index is 5.43. The molecule has 1 aromatic rings. The van der Waals surface area contributed by atoms with Crippen LogP contribution in [0.25, 0.3) is 0 Å². The average Bonchev–Trinajstić information content (AvgIpc) is 2.39. The van der Waals surface area contributed by atoms with Crippen LogP contribution in [-0.4, -0.2) is 34.3 Å². The summed E-state index contributed by atoms with van der Waals surface area (Å²) in [5, 5.41) is 1.91. The zero-order valence-electron chi connectivity index (χ0n) is 9.99. The quantitative estimate of drug-likeness (QED) is 0.486. The highest BCUT2D eigenvalue weighted by Gasteiger charge is 2.31. The molecule has 0 N–H and O–H groups in total. The summed E-state index contributed by atoms with van der Waals surface area (Å²) in [6.45, 7) is 3.76. The predicted octanol–water partition coefficient (Wildman–Crippen LogP) is 3.07. The van der Waals surface area contributed by atoms with Gasteiger partial charge in [-0.05, 0) is 30.7 Å². The van der Waals surface area contributed by atoms with Crippen molar-refractivity contribution < 1.29 is 4.74 Å². The third kappa shape index (κ3) is 3.66. The molecule has 0 spiro atoms. The first-order valence-corrected chi connectivity index (χ1v) is 7.90. The summed E-state index contributed by atoms with van der Waals surface area (Å²) in [7, 11) is 0. The van der Waals surface area contributed by atoms with E-state index >= 15 is 0 Å². The van der Waals surface area contributed by atoms with E-state index in [1.165, 1.54) is 0 Å². The van der Waals surface area contributed by atoms with Crippen molar-refractivity contribution in [1.29, 1.82) is 0 Å². The van der Waals surface area contributed by atoms with Crippen LogP contribution in [0.4, 0.5) is 0 Å². The van der Waals surface area contributed by atoms with Crippen molar-refractivity contribution in [2.75, 3.05) is 24.3 Å². The highest BCUT2D eigenvalue weighted by atomic mass is 79.9. The average molecular weight is 317 g/mol. The molecule has 1 aliphatic heterocycles. The summed E-state index contributed by atoms with van der Waals surface area (Å²) in [5.74, 6) is 1.06. The van der Waals surface area contributed by atoms with Gasteiger partial charge in [0.25, 0.3) is 0 Å². The van der Waals surface area contributed by atoms with E-state index < -0.39 is 0 Å². The van der Waals surface area contributed by atoms with E-state index in [0.29, 0.717) is 5.41 Å². The minimum absolute atomic E-state index is 0.344. The molecular formula is C12H17BrN2OS. The second-order valence-electron chi connectivity index (χ2n) is 4.58. The Labute approximate surface area is 115 Å². The lowest BCUT2D eigenvalue weighted by molar-refractivity contribution is 0.0374. The van der Waals surface area contributed by atoms with Gasteiger partial charge in [-0.2, -0.15) is 0 Å². The Hall–Kier alpha value is -0.130. The Balaban J connectivity index is 1.93. The lowest BCUT2D eigenvalue weighted by atomic mass is 9.85. The summed E-state index contributed by atoms with van der Waals surface area (Å²) < 4.78 is 5.43. The number of hydrogen-bond acceptors (Lipinski definition) is 4. The third-order valence-corrected chi connectivity index (χ3v) is 5.52. The number of aromatic nitrogens is 2. The topological polar surface area (TPSA) is 35.0 Å². The van der Waals surface area contributed by atoms with Crippen LogP contribution in [0, 0.1) is 12.3 Å². The van der Waals surface area contributed by atoms with Gasteiger partial charge in [-0.15, -0.1) is 0 Å². The molecule has 17 heavy (non-hydrogen) atoms. The van der Waals surface area contributed by atoms with Gasteiger partial charge >= 0.3 is 0 Å². The first-order valence-electron chi connectivity index (χ1n) is 5.79. The van der Waals surface area contributed by atoms with Gasteiger partial charge < -0.3 is 4.74 Å². The largest absolute Gasteiger partial charge is 0.381 e. The monoisotopic (exact) mass is 316 g/mol. The van der Waals surface area contributed by atoms with Gasteiger partial charge in [-0.3, -0.25) is 0 Å². The standard InChI is InChI=1S/C12H17BrN2OS/c1-10-6-14-11(15-7-10)17-9-12(8-13)2-4-16-5-3-12/h6-7H,2-5,8-9H2,1H3. The van der Waals surface area contributed by atoms with Crippen molar-refractivity contribution in [3.8, 4) is 0 Å². The molecule has 0 bridgehead atoms. The molecule has 0 atom stereocenters. The van der Waals surface area contributed by atoms with Gasteiger partial charge in [-0.25, -0.2) is 9.97 Å². The summed E-state index contributed by atoms with van der Waals surface area (Å²) in [6.07, 6.45) is 5.99. The predicted molar refractivity (Wildman–Crippen MR) is 73.8 cm³/mol. The van der Waals surface area contributed by atoms with Crippen LogP contribution in [0.5, 0.6) is 0 Å². The number of ether oxygens (including phenoxy) is 1. The zero-order chi connectivity index (χ0) is 12.1. The summed E-state index contributed by atoms with van der Waals surface area (Å²) >= 11 is 5.39. The van der Waals surface area contributed by atoms with E-state index in [4.69, 9.17) is 4.74 Å². The molecule has 0 unspecified atom stereocenters. The molecule has 1 aliphatic rings. The molecule has 2 rings (SSSR count). The first kappa shape index (κ1) is 13.3. The molecule has 1 aromatic heterocycles. The first-order chi connectivity index (χ1) is 8.24. The number of rotatable bonds is 4. The second-order valence-corrected chi connectivity index (χ2v) is 6.08. The maximum absolute atomic E-state index is 5.43. The summed E-state index contributed by atoms with van der Waals surface area (Å²) in [6, 6.07) is 0. The molecule has 0 aromatic carbocycles. The van der Waals surface area contributed by atoms with E-state index in [9.17, 15) is 0 Å². The minimum atomic E-state index is 0.344. The van der Waals surface area contributed by atoms with Crippen LogP contribution in [-0.2, 0) is 4.74 Å². The van der Waals surface area contributed by atoms with Crippen molar-refractivity contribution in [2.45, 2.75) is 24.9 Å². The van der Waals surface area contributed by atoms with Crippen LogP contribution < -0.4 is 0 Å². The normalized spacial score (nSPS) is 19.2. The summed E-state index contributed by atoms with van der Waals surface area (Å²) in [5.41, 5.74) is 1.45. The molecular weight excluding hydrogens is 300 g/mol. The Bertz CT molecular complexity index is 352. The van der Waals surface area contributed by atoms with Crippen molar-refractivity contribution in [3.05, 3.63) is 18.0 Å². The summed E-state index contributed by atoms with van der Waals surface area (Å²) in [4.78, 5) is 8.67. The molecule has 0 saturated carbocycles. The second kappa shape index (κ2) is 6.16. The van der Waals surface area contributed by atoms with Gasteiger partial charge in [0.1, 0.15) is 0 Å². The van der Waals surface area contributed by atoms with Crippen molar-refractivity contribution >= 4 is 27.7 Å². The van der Waals surface area contributed by atoms with E-state index in [0.717, 1.165) is 47.9 Å². The van der Waals surface area contributed by atoms with Crippen LogP contribution in [0.15, 0.2) is 17.6 Å². The van der Waals surface area contributed by atoms with Crippen LogP contribution in [0.3, 0.4) is 0 Å². The number of thioether (sulfide) groups is 1. The van der Waals surface area contributed by atoms with E-state index in [1.54, 1.807) is 11.8 Å². The number of aryl methyl sites for hydroxylation is 1. The fourth-order valence-corrected chi connectivity index (χ4v) is 3.90. The molecule has 94 valence electrons. The van der Waals surface area contributed by atoms with Gasteiger partial charge in [0.05, 0.1) is 0 Å². The number of alkyl halides is 1. The number of halogens is 1. The lowest BCUT2D eigenvalue weighted by Gasteiger charge is -2.35. The van der Waals surface area contributed by atoms with Crippen molar-refractivity contribution in [2.24, 2.45) is 5.41 Å². The van der Waals surface area contributed by atoms with Crippen LogP contribution in [0.1, 0.15) is 18.4 Å². The van der Waals surface area contributed by atoms with E-state index in [2.05, 4.69) is 25.9 Å². The Morgan fingerprint density at radius 3 is 2.59 bits per heavy atom. The van der Waals surface area contributed by atoms with Crippen LogP contribution in [0.2, 0.25) is 0 Å². The molecule has 5 heteroatoms. The maximum Gasteiger partial charge on any atom is 0.187 e. The SMILES string of the molecule is Cc1cnc(SCC2(CBr)CCOCC2)nc1. The van der Waals surface area contributed by atoms with Crippen LogP contribution >= 0.6 is 27.7 Å². The van der Waals surface area contributed by atoms with Crippen molar-refractivity contribution in [3.63, 3.8) is 0 Å². The highest BCUT2D eigenvalue weighted by molar-refractivity contribution is 9.09. The van der Waals surface area contributed by atoms with Gasteiger partial charge in [0.15, 0.2) is 5.16 Å². The number of hydrogen-bond donors (Lipinski definition) is 0. The van der Waals surface area contributed by atoms with Gasteiger partial charge in [-0.1, -0.05) is 27.7 Å². The highest BCUT2D eigenvalue weighted by Crippen LogP contribution is 2.37. The van der Waals surface area contributed by atoms with Gasteiger partial charge in [0.2, 0.25) is 0 Å². The fourth-order valence-electron chi connectivity index (χ4n) is 1.79. The zero-order valence-corrected chi connectivity index (χ0v) is 12.4. The molecule has 0 radical (unpaired) electrons. The Morgan fingerprint density at radius 1 is 1.35 bits per heavy atom. The molecule has 1 fully saturated rings. The molecule has 0 aliphatic carbocycles. The minimum Gasteiger partial charge on any atom is -0.381 e. The number of nitrogens with zero attached hydrogens (tertiary/aromatic N) is 2. The Morgan fingerprint density at radius 2 is 2.00 bits per heavy atom. The van der Waals surface area contributed by atoms with E-state index in [1.807, 2.05) is 19.3 Å².